The largest absolute Gasteiger partial charge is 0.339 e. The van der Waals surface area contributed by atoms with E-state index in [9.17, 15) is 4.79 Å². The first-order valence-electron chi connectivity index (χ1n) is 8.50. The van der Waals surface area contributed by atoms with Gasteiger partial charge in [0.2, 0.25) is 5.91 Å². The average Bonchev–Trinajstić information content (AvgIpc) is 2.56. The smallest absolute Gasteiger partial charge is 0.239 e. The van der Waals surface area contributed by atoms with Gasteiger partial charge in [0, 0.05) is 32.7 Å². The normalized spacial score (nSPS) is 21.0. The molecule has 1 saturated heterocycles. The highest BCUT2D eigenvalue weighted by molar-refractivity contribution is 5.82. The molecule has 4 nitrogen and oxygen atoms in total. The van der Waals surface area contributed by atoms with E-state index in [1.165, 1.54) is 11.1 Å². The van der Waals surface area contributed by atoms with Crippen molar-refractivity contribution in [2.24, 2.45) is 5.73 Å². The van der Waals surface area contributed by atoms with Crippen molar-refractivity contribution in [1.82, 2.24) is 9.80 Å². The van der Waals surface area contributed by atoms with Crippen molar-refractivity contribution in [2.45, 2.75) is 32.2 Å². The molecular weight excluding hydrogens is 286 g/mol. The molecule has 1 aliphatic heterocycles. The molecule has 0 spiro atoms. The lowest BCUT2D eigenvalue weighted by atomic mass is 9.99. The first kappa shape index (κ1) is 17.7. The van der Waals surface area contributed by atoms with Crippen LogP contribution in [0.15, 0.2) is 48.1 Å². The minimum atomic E-state index is -0.419. The second kappa shape index (κ2) is 8.85. The second-order valence-corrected chi connectivity index (χ2v) is 6.42. The molecule has 1 amide bonds. The molecule has 0 saturated carbocycles. The number of allylic oxidation sites excluding steroid dienone is 5. The van der Waals surface area contributed by atoms with Gasteiger partial charge in [0.05, 0.1) is 6.04 Å². The van der Waals surface area contributed by atoms with Crippen LogP contribution in [0.5, 0.6) is 0 Å². The summed E-state index contributed by atoms with van der Waals surface area (Å²) in [5.74, 6) is 0.0860. The molecule has 1 fully saturated rings. The average molecular weight is 315 g/mol. The molecule has 0 aromatic heterocycles. The first-order valence-corrected chi connectivity index (χ1v) is 8.50. The molecule has 0 radical (unpaired) electrons. The number of carbonyl (C=O) groups is 1. The number of rotatable bonds is 6. The first-order chi connectivity index (χ1) is 11.1. The molecule has 2 N–H and O–H groups in total. The number of carbonyl (C=O) groups excluding carboxylic acids is 1. The molecule has 1 heterocycles. The molecule has 1 aliphatic carbocycles. The minimum absolute atomic E-state index is 0.0860. The van der Waals surface area contributed by atoms with Gasteiger partial charge < -0.3 is 10.6 Å². The quantitative estimate of drug-likeness (QED) is 0.765. The third-order valence-corrected chi connectivity index (χ3v) is 4.40. The van der Waals surface area contributed by atoms with Crippen molar-refractivity contribution in [1.29, 1.82) is 0 Å². The van der Waals surface area contributed by atoms with Crippen molar-refractivity contribution < 1.29 is 4.79 Å². The molecule has 0 bridgehead atoms. The van der Waals surface area contributed by atoms with Crippen LogP contribution in [0.2, 0.25) is 0 Å². The number of hydrogen-bond donors (Lipinski definition) is 1. The molecule has 0 aromatic carbocycles. The SMILES string of the molecule is C=C/C=C(\C)CN1CCN(C(=O)C(N)CC2=CCCC=C2)CC1. The third kappa shape index (κ3) is 5.48. The van der Waals surface area contributed by atoms with Gasteiger partial charge in [-0.15, -0.1) is 0 Å². The molecule has 23 heavy (non-hydrogen) atoms. The van der Waals surface area contributed by atoms with Crippen molar-refractivity contribution in [3.05, 3.63) is 48.1 Å². The van der Waals surface area contributed by atoms with E-state index in [0.717, 1.165) is 45.6 Å². The zero-order chi connectivity index (χ0) is 16.7. The van der Waals surface area contributed by atoms with Crippen LogP contribution >= 0.6 is 0 Å². The maximum atomic E-state index is 12.5. The Morgan fingerprint density at radius 2 is 2.09 bits per heavy atom. The molecule has 1 unspecified atom stereocenters. The summed E-state index contributed by atoms with van der Waals surface area (Å²) in [5.41, 5.74) is 8.63. The summed E-state index contributed by atoms with van der Waals surface area (Å²) in [6.45, 7) is 10.1. The van der Waals surface area contributed by atoms with E-state index in [1.54, 1.807) is 0 Å². The third-order valence-electron chi connectivity index (χ3n) is 4.40. The van der Waals surface area contributed by atoms with Gasteiger partial charge in [-0.3, -0.25) is 9.69 Å². The molecular formula is C19H29N3O. The van der Waals surface area contributed by atoms with Crippen LogP contribution in [0.25, 0.3) is 0 Å². The van der Waals surface area contributed by atoms with Gasteiger partial charge in [-0.05, 0) is 26.2 Å². The molecule has 2 aliphatic rings. The Balaban J connectivity index is 1.78. The van der Waals surface area contributed by atoms with Gasteiger partial charge in [-0.25, -0.2) is 0 Å². The number of amides is 1. The Morgan fingerprint density at radius 3 is 2.70 bits per heavy atom. The Morgan fingerprint density at radius 1 is 1.35 bits per heavy atom. The van der Waals surface area contributed by atoms with Crippen molar-refractivity contribution in [2.75, 3.05) is 32.7 Å². The predicted octanol–water partition coefficient (Wildman–Crippen LogP) is 2.26. The van der Waals surface area contributed by atoms with E-state index < -0.39 is 6.04 Å². The van der Waals surface area contributed by atoms with E-state index in [1.807, 2.05) is 17.1 Å². The highest BCUT2D eigenvalue weighted by atomic mass is 16.2. The molecule has 2 rings (SSSR count). The zero-order valence-corrected chi connectivity index (χ0v) is 14.2. The highest BCUT2D eigenvalue weighted by Gasteiger charge is 2.25. The molecule has 126 valence electrons. The summed E-state index contributed by atoms with van der Waals surface area (Å²) in [5, 5.41) is 0. The standard InChI is InChI=1S/C19H29N3O/c1-3-7-16(2)15-21-10-12-22(13-11-21)19(23)18(20)14-17-8-5-4-6-9-17/h3,5,7-9,18H,1,4,6,10-15,20H2,2H3/b16-7+. The van der Waals surface area contributed by atoms with E-state index >= 15 is 0 Å². The number of hydrogen-bond acceptors (Lipinski definition) is 3. The van der Waals surface area contributed by atoms with Crippen LogP contribution in [-0.2, 0) is 4.79 Å². The van der Waals surface area contributed by atoms with Crippen LogP contribution in [0.3, 0.4) is 0 Å². The van der Waals surface area contributed by atoms with Crippen LogP contribution < -0.4 is 5.73 Å². The van der Waals surface area contributed by atoms with Crippen LogP contribution in [0.4, 0.5) is 0 Å². The van der Waals surface area contributed by atoms with Gasteiger partial charge >= 0.3 is 0 Å². The molecule has 4 heteroatoms. The Kier molecular flexibility index (Phi) is 6.81. The number of nitrogens with zero attached hydrogens (tertiary/aromatic N) is 2. The maximum Gasteiger partial charge on any atom is 0.239 e. The Labute approximate surface area is 140 Å². The highest BCUT2D eigenvalue weighted by Crippen LogP contribution is 2.16. The maximum absolute atomic E-state index is 12.5. The fraction of sp³-hybridized carbons (Fsp3) is 0.526. The van der Waals surface area contributed by atoms with Crippen molar-refractivity contribution in [3.8, 4) is 0 Å². The summed E-state index contributed by atoms with van der Waals surface area (Å²) >= 11 is 0. The Hall–Kier alpha value is -1.65. The second-order valence-electron chi connectivity index (χ2n) is 6.42. The molecule has 0 aromatic rings. The van der Waals surface area contributed by atoms with Gasteiger partial charge in [-0.2, -0.15) is 0 Å². The summed E-state index contributed by atoms with van der Waals surface area (Å²) in [4.78, 5) is 16.8. The predicted molar refractivity (Wildman–Crippen MR) is 96.0 cm³/mol. The van der Waals surface area contributed by atoms with Crippen molar-refractivity contribution in [3.63, 3.8) is 0 Å². The summed E-state index contributed by atoms with van der Waals surface area (Å²) in [6, 6.07) is -0.419. The fourth-order valence-corrected chi connectivity index (χ4v) is 3.13. The lowest BCUT2D eigenvalue weighted by Gasteiger charge is -2.36. The van der Waals surface area contributed by atoms with Crippen LogP contribution in [-0.4, -0.2) is 54.5 Å². The fourth-order valence-electron chi connectivity index (χ4n) is 3.13. The zero-order valence-electron chi connectivity index (χ0n) is 14.2. The lowest BCUT2D eigenvalue weighted by Crippen LogP contribution is -2.53. The van der Waals surface area contributed by atoms with Gasteiger partial charge in [-0.1, -0.05) is 48.1 Å². The van der Waals surface area contributed by atoms with E-state index in [2.05, 4.69) is 36.6 Å². The minimum Gasteiger partial charge on any atom is -0.339 e. The van der Waals surface area contributed by atoms with Crippen LogP contribution in [0.1, 0.15) is 26.2 Å². The summed E-state index contributed by atoms with van der Waals surface area (Å²) in [6.07, 6.45) is 13.1. The van der Waals surface area contributed by atoms with Crippen LogP contribution in [0, 0.1) is 0 Å². The summed E-state index contributed by atoms with van der Waals surface area (Å²) < 4.78 is 0. The number of piperazine rings is 1. The topological polar surface area (TPSA) is 49.6 Å². The van der Waals surface area contributed by atoms with E-state index in [-0.39, 0.29) is 5.91 Å². The van der Waals surface area contributed by atoms with E-state index in [0.29, 0.717) is 6.42 Å². The summed E-state index contributed by atoms with van der Waals surface area (Å²) in [7, 11) is 0. The molecule has 1 atom stereocenters. The lowest BCUT2D eigenvalue weighted by molar-refractivity contribution is -0.134. The van der Waals surface area contributed by atoms with Gasteiger partial charge in [0.25, 0.3) is 0 Å². The van der Waals surface area contributed by atoms with Gasteiger partial charge in [0.1, 0.15) is 0 Å². The van der Waals surface area contributed by atoms with Crippen molar-refractivity contribution >= 4 is 5.91 Å². The van der Waals surface area contributed by atoms with E-state index in [4.69, 9.17) is 5.73 Å². The Bertz CT molecular complexity index is 511. The number of nitrogens with two attached hydrogens (primary N) is 1. The van der Waals surface area contributed by atoms with Gasteiger partial charge in [0.15, 0.2) is 0 Å². The monoisotopic (exact) mass is 315 g/mol.